The topological polar surface area (TPSA) is 87.3 Å². The zero-order valence-electron chi connectivity index (χ0n) is 16.2. The minimum Gasteiger partial charge on any atom is -0.467 e. The van der Waals surface area contributed by atoms with Gasteiger partial charge in [0.15, 0.2) is 0 Å². The molecule has 0 spiro atoms. The highest BCUT2D eigenvalue weighted by atomic mass is 35.5. The van der Waals surface area contributed by atoms with Crippen LogP contribution >= 0.6 is 11.6 Å². The smallest absolute Gasteiger partial charge is 0.328 e. The van der Waals surface area contributed by atoms with E-state index in [1.54, 1.807) is 17.3 Å². The van der Waals surface area contributed by atoms with Gasteiger partial charge < -0.3 is 19.9 Å². The quantitative estimate of drug-likeness (QED) is 0.748. The molecule has 0 fully saturated rings. The molecule has 1 aromatic heterocycles. The summed E-state index contributed by atoms with van der Waals surface area (Å²) >= 11 is 6.19. The standard InChI is InChI=1S/C20H25ClN4O3/c1-4-12(2)16(19(26)28-3)24-20(27)25-9-8-15-17(23-11-22-15)18(25)13-6-5-7-14(21)10-13/h5-7,10-12,16,18H,4,8-9H2,1-3H3,(H,22,23)(H,24,27)/t12-,16+,18+/m0/s1. The first-order valence-corrected chi connectivity index (χ1v) is 9.76. The minimum atomic E-state index is -0.705. The van der Waals surface area contributed by atoms with Crippen molar-refractivity contribution in [3.05, 3.63) is 52.6 Å². The van der Waals surface area contributed by atoms with E-state index in [0.717, 1.165) is 23.4 Å². The Kier molecular flexibility index (Phi) is 6.24. The van der Waals surface area contributed by atoms with Gasteiger partial charge in [-0.3, -0.25) is 0 Å². The molecular formula is C20H25ClN4O3. The second-order valence-electron chi connectivity index (χ2n) is 7.00. The van der Waals surface area contributed by atoms with E-state index in [1.165, 1.54) is 7.11 Å². The van der Waals surface area contributed by atoms with Crippen LogP contribution in [0.5, 0.6) is 0 Å². The zero-order valence-corrected chi connectivity index (χ0v) is 17.0. The summed E-state index contributed by atoms with van der Waals surface area (Å²) in [6.07, 6.45) is 3.04. The summed E-state index contributed by atoms with van der Waals surface area (Å²) in [6.45, 7) is 4.38. The number of aromatic nitrogens is 2. The predicted octanol–water partition coefficient (Wildman–Crippen LogP) is 3.31. The van der Waals surface area contributed by atoms with Gasteiger partial charge in [0, 0.05) is 23.7 Å². The number of nitrogens with one attached hydrogen (secondary N) is 2. The fourth-order valence-corrected chi connectivity index (χ4v) is 3.72. The number of esters is 1. The number of aromatic amines is 1. The number of urea groups is 1. The molecule has 3 atom stereocenters. The molecule has 0 unspecified atom stereocenters. The summed E-state index contributed by atoms with van der Waals surface area (Å²) in [5, 5.41) is 3.46. The van der Waals surface area contributed by atoms with Crippen LogP contribution in [0.3, 0.4) is 0 Å². The molecule has 2 N–H and O–H groups in total. The van der Waals surface area contributed by atoms with Crippen LogP contribution in [-0.2, 0) is 16.0 Å². The molecule has 150 valence electrons. The molecule has 2 heterocycles. The van der Waals surface area contributed by atoms with Crippen LogP contribution in [0, 0.1) is 5.92 Å². The van der Waals surface area contributed by atoms with E-state index in [0.29, 0.717) is 18.0 Å². The van der Waals surface area contributed by atoms with Crippen LogP contribution in [0.4, 0.5) is 4.79 Å². The van der Waals surface area contributed by atoms with Crippen molar-refractivity contribution in [3.8, 4) is 0 Å². The summed E-state index contributed by atoms with van der Waals surface area (Å²) in [5.41, 5.74) is 2.66. The van der Waals surface area contributed by atoms with Gasteiger partial charge in [-0.1, -0.05) is 44.0 Å². The Morgan fingerprint density at radius 2 is 2.25 bits per heavy atom. The second kappa shape index (κ2) is 8.65. The first-order chi connectivity index (χ1) is 13.5. The Bertz CT molecular complexity index is 853. The molecule has 2 aromatic rings. The van der Waals surface area contributed by atoms with Crippen molar-refractivity contribution in [2.45, 2.75) is 38.8 Å². The first kappa shape index (κ1) is 20.2. The maximum atomic E-state index is 13.2. The Morgan fingerprint density at radius 3 is 2.93 bits per heavy atom. The maximum absolute atomic E-state index is 13.2. The number of rotatable bonds is 5. The molecule has 3 rings (SSSR count). The summed E-state index contributed by atoms with van der Waals surface area (Å²) in [4.78, 5) is 34.7. The SMILES string of the molecule is CC[C@H](C)[C@@H](NC(=O)N1CCc2[nH]cnc2[C@H]1c1cccc(Cl)c1)C(=O)OC. The molecule has 0 aliphatic carbocycles. The largest absolute Gasteiger partial charge is 0.467 e. The molecule has 0 saturated carbocycles. The number of benzene rings is 1. The van der Waals surface area contributed by atoms with E-state index < -0.39 is 12.0 Å². The van der Waals surface area contributed by atoms with Crippen molar-refractivity contribution in [1.82, 2.24) is 20.2 Å². The van der Waals surface area contributed by atoms with Crippen molar-refractivity contribution >= 4 is 23.6 Å². The van der Waals surface area contributed by atoms with Crippen LogP contribution in [0.2, 0.25) is 5.02 Å². The number of carbonyl (C=O) groups is 2. The van der Waals surface area contributed by atoms with E-state index in [2.05, 4.69) is 15.3 Å². The molecular weight excluding hydrogens is 380 g/mol. The number of nitrogens with zero attached hydrogens (tertiary/aromatic N) is 2. The number of methoxy groups -OCH3 is 1. The number of carbonyl (C=O) groups excluding carboxylic acids is 2. The third-order valence-electron chi connectivity index (χ3n) is 5.30. The Morgan fingerprint density at radius 1 is 1.46 bits per heavy atom. The van der Waals surface area contributed by atoms with Gasteiger partial charge >= 0.3 is 12.0 Å². The lowest BCUT2D eigenvalue weighted by atomic mass is 9.95. The van der Waals surface area contributed by atoms with Gasteiger partial charge in [-0.15, -0.1) is 0 Å². The molecule has 28 heavy (non-hydrogen) atoms. The number of halogens is 1. The Labute approximate surface area is 169 Å². The van der Waals surface area contributed by atoms with Gasteiger partial charge in [0.1, 0.15) is 12.1 Å². The molecule has 2 amide bonds. The van der Waals surface area contributed by atoms with Gasteiger partial charge in [0.05, 0.1) is 19.1 Å². The molecule has 8 heteroatoms. The van der Waals surface area contributed by atoms with E-state index in [4.69, 9.17) is 16.3 Å². The van der Waals surface area contributed by atoms with E-state index >= 15 is 0 Å². The molecule has 0 saturated heterocycles. The summed E-state index contributed by atoms with van der Waals surface area (Å²) in [7, 11) is 1.33. The third kappa shape index (κ3) is 3.99. The maximum Gasteiger partial charge on any atom is 0.328 e. The average molecular weight is 405 g/mol. The monoisotopic (exact) mass is 404 g/mol. The van der Waals surface area contributed by atoms with Crippen molar-refractivity contribution < 1.29 is 14.3 Å². The van der Waals surface area contributed by atoms with Gasteiger partial charge in [-0.25, -0.2) is 14.6 Å². The fraction of sp³-hybridized carbons (Fsp3) is 0.450. The van der Waals surface area contributed by atoms with Gasteiger partial charge in [0.2, 0.25) is 0 Å². The second-order valence-corrected chi connectivity index (χ2v) is 7.44. The average Bonchev–Trinajstić information content (AvgIpc) is 3.18. The van der Waals surface area contributed by atoms with Gasteiger partial charge in [0.25, 0.3) is 0 Å². The van der Waals surface area contributed by atoms with Crippen LogP contribution < -0.4 is 5.32 Å². The summed E-state index contributed by atoms with van der Waals surface area (Å²) < 4.78 is 4.89. The minimum absolute atomic E-state index is 0.0493. The van der Waals surface area contributed by atoms with Crippen LogP contribution in [0.25, 0.3) is 0 Å². The number of hydrogen-bond donors (Lipinski definition) is 2. The van der Waals surface area contributed by atoms with Gasteiger partial charge in [-0.2, -0.15) is 0 Å². The van der Waals surface area contributed by atoms with Crippen molar-refractivity contribution in [2.24, 2.45) is 5.92 Å². The molecule has 1 aliphatic heterocycles. The lowest BCUT2D eigenvalue weighted by Crippen LogP contribution is -2.53. The highest BCUT2D eigenvalue weighted by molar-refractivity contribution is 6.30. The summed E-state index contributed by atoms with van der Waals surface area (Å²) in [5.74, 6) is -0.494. The number of ether oxygens (including phenoxy) is 1. The fourth-order valence-electron chi connectivity index (χ4n) is 3.52. The molecule has 0 bridgehead atoms. The summed E-state index contributed by atoms with van der Waals surface area (Å²) in [6, 6.07) is 5.99. The Hall–Kier alpha value is -2.54. The third-order valence-corrected chi connectivity index (χ3v) is 5.53. The lowest BCUT2D eigenvalue weighted by molar-refractivity contribution is -0.144. The Balaban J connectivity index is 1.92. The highest BCUT2D eigenvalue weighted by Gasteiger charge is 2.36. The predicted molar refractivity (Wildman–Crippen MR) is 106 cm³/mol. The number of H-pyrrole nitrogens is 1. The molecule has 1 aliphatic rings. The van der Waals surface area contributed by atoms with Crippen LogP contribution in [-0.4, -0.2) is 46.6 Å². The van der Waals surface area contributed by atoms with Crippen LogP contribution in [0.1, 0.15) is 43.3 Å². The van der Waals surface area contributed by atoms with E-state index in [9.17, 15) is 9.59 Å². The number of hydrogen-bond acceptors (Lipinski definition) is 4. The van der Waals surface area contributed by atoms with Crippen molar-refractivity contribution in [3.63, 3.8) is 0 Å². The number of imidazole rings is 1. The number of fused-ring (bicyclic) bond motifs is 1. The van der Waals surface area contributed by atoms with Crippen molar-refractivity contribution in [2.75, 3.05) is 13.7 Å². The van der Waals surface area contributed by atoms with Crippen LogP contribution in [0.15, 0.2) is 30.6 Å². The normalized spacial score (nSPS) is 18.1. The van der Waals surface area contributed by atoms with Crippen molar-refractivity contribution in [1.29, 1.82) is 0 Å². The zero-order chi connectivity index (χ0) is 20.3. The lowest BCUT2D eigenvalue weighted by Gasteiger charge is -2.36. The molecule has 0 radical (unpaired) electrons. The van der Waals surface area contributed by atoms with Gasteiger partial charge in [-0.05, 0) is 23.6 Å². The van der Waals surface area contributed by atoms with E-state index in [-0.39, 0.29) is 18.0 Å². The van der Waals surface area contributed by atoms with E-state index in [1.807, 2.05) is 32.0 Å². The molecule has 1 aromatic carbocycles. The highest BCUT2D eigenvalue weighted by Crippen LogP contribution is 2.34. The first-order valence-electron chi connectivity index (χ1n) is 9.38. The molecule has 7 nitrogen and oxygen atoms in total. The number of amides is 2.